The van der Waals surface area contributed by atoms with Crippen LogP contribution in [0.5, 0.6) is 0 Å². The fourth-order valence-electron chi connectivity index (χ4n) is 1.61. The molecule has 0 atom stereocenters. The number of carboxylic acids is 1. The van der Waals surface area contributed by atoms with Crippen molar-refractivity contribution in [2.45, 2.75) is 24.7 Å². The van der Waals surface area contributed by atoms with Crippen LogP contribution in [0, 0.1) is 6.92 Å². The van der Waals surface area contributed by atoms with Crippen molar-refractivity contribution in [1.29, 1.82) is 0 Å². The molecule has 0 fully saturated rings. The van der Waals surface area contributed by atoms with E-state index in [1.54, 1.807) is 13.0 Å². The first-order valence-electron chi connectivity index (χ1n) is 6.02. The van der Waals surface area contributed by atoms with E-state index in [4.69, 9.17) is 5.11 Å². The summed E-state index contributed by atoms with van der Waals surface area (Å²) in [5.41, 5.74) is 0.941. The van der Waals surface area contributed by atoms with Crippen LogP contribution in [-0.2, 0) is 14.6 Å². The molecule has 0 unspecified atom stereocenters. The minimum absolute atomic E-state index is 0.0252. The monoisotopic (exact) mass is 299 g/mol. The summed E-state index contributed by atoms with van der Waals surface area (Å²) < 4.78 is 22.9. The van der Waals surface area contributed by atoms with Gasteiger partial charge in [0.1, 0.15) is 0 Å². The van der Waals surface area contributed by atoms with Crippen molar-refractivity contribution < 1.29 is 23.1 Å². The molecule has 0 aliphatic heterocycles. The van der Waals surface area contributed by atoms with E-state index in [1.807, 2.05) is 0 Å². The first-order chi connectivity index (χ1) is 9.21. The van der Waals surface area contributed by atoms with Crippen molar-refractivity contribution in [2.75, 3.05) is 12.8 Å². The SMILES string of the molecule is Cc1ccc(S(C)(=O)=O)cc1C(=O)NCCCC(=O)O. The van der Waals surface area contributed by atoms with E-state index in [-0.39, 0.29) is 23.4 Å². The number of rotatable bonds is 6. The summed E-state index contributed by atoms with van der Waals surface area (Å²) >= 11 is 0. The molecule has 0 saturated heterocycles. The van der Waals surface area contributed by atoms with Gasteiger partial charge in [0.25, 0.3) is 5.91 Å². The highest BCUT2D eigenvalue weighted by atomic mass is 32.2. The zero-order chi connectivity index (χ0) is 15.3. The van der Waals surface area contributed by atoms with Crippen LogP contribution in [0.25, 0.3) is 0 Å². The summed E-state index contributed by atoms with van der Waals surface area (Å²) in [6, 6.07) is 4.35. The Balaban J connectivity index is 2.80. The van der Waals surface area contributed by atoms with Gasteiger partial charge in [0, 0.05) is 24.8 Å². The molecule has 0 saturated carbocycles. The second-order valence-corrected chi connectivity index (χ2v) is 6.52. The van der Waals surface area contributed by atoms with Crippen LogP contribution in [0.2, 0.25) is 0 Å². The van der Waals surface area contributed by atoms with Crippen molar-refractivity contribution in [3.05, 3.63) is 29.3 Å². The Morgan fingerprint density at radius 2 is 1.95 bits per heavy atom. The van der Waals surface area contributed by atoms with Gasteiger partial charge in [-0.1, -0.05) is 6.07 Å². The van der Waals surface area contributed by atoms with Crippen LogP contribution in [0.3, 0.4) is 0 Å². The largest absolute Gasteiger partial charge is 0.481 e. The molecule has 0 aliphatic carbocycles. The van der Waals surface area contributed by atoms with Crippen LogP contribution in [0.15, 0.2) is 23.1 Å². The second-order valence-electron chi connectivity index (χ2n) is 4.50. The van der Waals surface area contributed by atoms with Crippen LogP contribution < -0.4 is 5.32 Å². The highest BCUT2D eigenvalue weighted by molar-refractivity contribution is 7.90. The normalized spacial score (nSPS) is 11.1. The maximum atomic E-state index is 11.9. The zero-order valence-electron chi connectivity index (χ0n) is 11.3. The Hall–Kier alpha value is -1.89. The molecule has 1 aromatic carbocycles. The molecule has 0 bridgehead atoms. The highest BCUT2D eigenvalue weighted by Crippen LogP contribution is 2.15. The molecule has 1 rings (SSSR count). The molecule has 20 heavy (non-hydrogen) atoms. The third-order valence-corrected chi connectivity index (χ3v) is 3.85. The predicted molar refractivity (Wildman–Crippen MR) is 73.5 cm³/mol. The van der Waals surface area contributed by atoms with E-state index in [0.29, 0.717) is 12.0 Å². The van der Waals surface area contributed by atoms with Crippen molar-refractivity contribution in [2.24, 2.45) is 0 Å². The smallest absolute Gasteiger partial charge is 0.303 e. The first kappa shape index (κ1) is 16.2. The quantitative estimate of drug-likeness (QED) is 0.763. The number of carbonyl (C=O) groups excluding carboxylic acids is 1. The lowest BCUT2D eigenvalue weighted by Gasteiger charge is -2.09. The molecular weight excluding hydrogens is 282 g/mol. The van der Waals surface area contributed by atoms with Crippen molar-refractivity contribution in [1.82, 2.24) is 5.32 Å². The molecule has 110 valence electrons. The zero-order valence-corrected chi connectivity index (χ0v) is 12.2. The summed E-state index contributed by atoms with van der Waals surface area (Å²) in [6.07, 6.45) is 1.38. The minimum Gasteiger partial charge on any atom is -0.481 e. The third kappa shape index (κ3) is 4.65. The van der Waals surface area contributed by atoms with Gasteiger partial charge in [0.05, 0.1) is 4.90 Å². The fraction of sp³-hybridized carbons (Fsp3) is 0.385. The molecule has 0 aromatic heterocycles. The topological polar surface area (TPSA) is 101 Å². The van der Waals surface area contributed by atoms with Crippen LogP contribution in [0.1, 0.15) is 28.8 Å². The summed E-state index contributed by atoms with van der Waals surface area (Å²) in [5.74, 6) is -1.33. The number of amides is 1. The number of hydrogen-bond donors (Lipinski definition) is 2. The number of carboxylic acid groups (broad SMARTS) is 1. The van der Waals surface area contributed by atoms with Crippen LogP contribution in [-0.4, -0.2) is 38.2 Å². The molecule has 0 spiro atoms. The van der Waals surface area contributed by atoms with Crippen molar-refractivity contribution >= 4 is 21.7 Å². The Morgan fingerprint density at radius 3 is 2.50 bits per heavy atom. The van der Waals surface area contributed by atoms with Gasteiger partial charge < -0.3 is 10.4 Å². The molecular formula is C13H17NO5S. The number of aryl methyl sites for hydroxylation is 1. The van der Waals surface area contributed by atoms with Crippen LogP contribution in [0.4, 0.5) is 0 Å². The number of hydrogen-bond acceptors (Lipinski definition) is 4. The maximum absolute atomic E-state index is 11.9. The van der Waals surface area contributed by atoms with E-state index in [9.17, 15) is 18.0 Å². The standard InChI is InChI=1S/C13H17NO5S/c1-9-5-6-10(20(2,18)19)8-11(9)13(17)14-7-3-4-12(15)16/h5-6,8H,3-4,7H2,1-2H3,(H,14,17)(H,15,16). The average molecular weight is 299 g/mol. The summed E-state index contributed by atoms with van der Waals surface area (Å²) in [7, 11) is -3.37. The Labute approximate surface area is 117 Å². The second kappa shape index (κ2) is 6.51. The number of nitrogens with one attached hydrogen (secondary N) is 1. The Morgan fingerprint density at radius 1 is 1.30 bits per heavy atom. The molecule has 1 aromatic rings. The van der Waals surface area contributed by atoms with Gasteiger partial charge >= 0.3 is 5.97 Å². The number of aliphatic carboxylic acids is 1. The summed E-state index contributed by atoms with van der Waals surface area (Å²) in [4.78, 5) is 22.4. The minimum atomic E-state index is -3.37. The van der Waals surface area contributed by atoms with Crippen molar-refractivity contribution in [3.8, 4) is 0 Å². The number of carbonyl (C=O) groups is 2. The molecule has 6 nitrogen and oxygen atoms in total. The highest BCUT2D eigenvalue weighted by Gasteiger charge is 2.14. The summed E-state index contributed by atoms with van der Waals surface area (Å²) in [5, 5.41) is 11.1. The lowest BCUT2D eigenvalue weighted by atomic mass is 10.1. The van der Waals surface area contributed by atoms with Gasteiger partial charge in [-0.15, -0.1) is 0 Å². The van der Waals surface area contributed by atoms with Gasteiger partial charge in [-0.2, -0.15) is 0 Å². The number of benzene rings is 1. The first-order valence-corrected chi connectivity index (χ1v) is 7.91. The fourth-order valence-corrected chi connectivity index (χ4v) is 2.26. The Kier molecular flexibility index (Phi) is 5.26. The van der Waals surface area contributed by atoms with E-state index in [1.165, 1.54) is 12.1 Å². The molecule has 1 amide bonds. The van der Waals surface area contributed by atoms with E-state index in [0.717, 1.165) is 6.26 Å². The van der Waals surface area contributed by atoms with E-state index < -0.39 is 21.7 Å². The Bertz CT molecular complexity index is 622. The van der Waals surface area contributed by atoms with E-state index in [2.05, 4.69) is 5.32 Å². The molecule has 7 heteroatoms. The molecule has 0 aliphatic rings. The lowest BCUT2D eigenvalue weighted by Crippen LogP contribution is -2.25. The predicted octanol–water partition coefficient (Wildman–Crippen LogP) is 0.993. The van der Waals surface area contributed by atoms with Gasteiger partial charge in [0.15, 0.2) is 9.84 Å². The average Bonchev–Trinajstić information content (AvgIpc) is 2.33. The molecule has 2 N–H and O–H groups in total. The summed E-state index contributed by atoms with van der Waals surface area (Å²) in [6.45, 7) is 1.94. The third-order valence-electron chi connectivity index (χ3n) is 2.73. The molecule has 0 radical (unpaired) electrons. The van der Waals surface area contributed by atoms with Crippen molar-refractivity contribution in [3.63, 3.8) is 0 Å². The number of sulfone groups is 1. The van der Waals surface area contributed by atoms with E-state index >= 15 is 0 Å². The maximum Gasteiger partial charge on any atom is 0.303 e. The van der Waals surface area contributed by atoms with Gasteiger partial charge in [0.2, 0.25) is 0 Å². The van der Waals surface area contributed by atoms with Gasteiger partial charge in [-0.3, -0.25) is 9.59 Å². The van der Waals surface area contributed by atoms with Gasteiger partial charge in [-0.25, -0.2) is 8.42 Å². The lowest BCUT2D eigenvalue weighted by molar-refractivity contribution is -0.137. The van der Waals surface area contributed by atoms with Gasteiger partial charge in [-0.05, 0) is 31.0 Å². The van der Waals surface area contributed by atoms with Crippen LogP contribution >= 0.6 is 0 Å². The molecule has 0 heterocycles.